The van der Waals surface area contributed by atoms with E-state index in [1.807, 2.05) is 67.3 Å². The highest BCUT2D eigenvalue weighted by atomic mass is 19.1. The highest BCUT2D eigenvalue weighted by molar-refractivity contribution is 5.95. The molecule has 1 aliphatic rings. The Hall–Kier alpha value is -3.44. The highest BCUT2D eigenvalue weighted by Gasteiger charge is 2.19. The van der Waals surface area contributed by atoms with E-state index in [1.54, 1.807) is 12.1 Å². The lowest BCUT2D eigenvalue weighted by Gasteiger charge is -2.23. The molecular formula is C30H33FN2O2. The largest absolute Gasteiger partial charge is 0.488 e. The van der Waals surface area contributed by atoms with Gasteiger partial charge in [0, 0.05) is 29.8 Å². The smallest absolute Gasteiger partial charge is 0.253 e. The van der Waals surface area contributed by atoms with E-state index < -0.39 is 0 Å². The van der Waals surface area contributed by atoms with E-state index in [2.05, 4.69) is 11.4 Å². The van der Waals surface area contributed by atoms with E-state index in [0.29, 0.717) is 24.2 Å². The van der Waals surface area contributed by atoms with Gasteiger partial charge in [0.25, 0.3) is 5.91 Å². The summed E-state index contributed by atoms with van der Waals surface area (Å²) in [5.74, 6) is 0.502. The molecule has 1 saturated heterocycles. The van der Waals surface area contributed by atoms with Crippen molar-refractivity contribution in [2.24, 2.45) is 0 Å². The van der Waals surface area contributed by atoms with Crippen molar-refractivity contribution in [3.05, 3.63) is 106 Å². The minimum Gasteiger partial charge on any atom is -0.488 e. The van der Waals surface area contributed by atoms with Gasteiger partial charge in [-0.2, -0.15) is 0 Å². The first-order valence-corrected chi connectivity index (χ1v) is 12.4. The summed E-state index contributed by atoms with van der Waals surface area (Å²) in [6, 6.07) is 22.6. The lowest BCUT2D eigenvalue weighted by atomic mass is 9.88. The molecule has 1 N–H and O–H groups in total. The van der Waals surface area contributed by atoms with E-state index in [1.165, 1.54) is 11.6 Å². The molecule has 0 unspecified atom stereocenters. The minimum atomic E-state index is -0.268. The lowest BCUT2D eigenvalue weighted by Crippen LogP contribution is -2.30. The van der Waals surface area contributed by atoms with E-state index in [0.717, 1.165) is 48.4 Å². The Bertz CT molecular complexity index is 1170. The van der Waals surface area contributed by atoms with Gasteiger partial charge in [0.1, 0.15) is 18.2 Å². The van der Waals surface area contributed by atoms with Gasteiger partial charge < -0.3 is 15.0 Å². The van der Waals surface area contributed by atoms with Crippen LogP contribution in [0.1, 0.15) is 53.7 Å². The molecule has 0 bridgehead atoms. The molecule has 1 heterocycles. The van der Waals surface area contributed by atoms with Crippen molar-refractivity contribution < 1.29 is 13.9 Å². The van der Waals surface area contributed by atoms with Crippen molar-refractivity contribution in [1.82, 2.24) is 10.2 Å². The number of carbonyl (C=O) groups excluding carboxylic acids is 1. The molecule has 3 aromatic rings. The topological polar surface area (TPSA) is 41.6 Å². The van der Waals surface area contributed by atoms with Crippen LogP contribution in [0.3, 0.4) is 0 Å². The van der Waals surface area contributed by atoms with Gasteiger partial charge in [0.15, 0.2) is 0 Å². The number of carbonyl (C=O) groups is 1. The summed E-state index contributed by atoms with van der Waals surface area (Å²) in [5.41, 5.74) is 5.75. The van der Waals surface area contributed by atoms with Crippen molar-refractivity contribution in [3.8, 4) is 5.75 Å². The van der Waals surface area contributed by atoms with Crippen LogP contribution in [0.15, 0.2) is 78.4 Å². The monoisotopic (exact) mass is 472 g/mol. The van der Waals surface area contributed by atoms with Crippen molar-refractivity contribution in [2.75, 3.05) is 26.2 Å². The second-order valence-corrected chi connectivity index (χ2v) is 8.66. The van der Waals surface area contributed by atoms with Crippen LogP contribution in [-0.2, 0) is 6.61 Å². The number of para-hydroxylation sites is 1. The van der Waals surface area contributed by atoms with Crippen LogP contribution in [0.2, 0.25) is 0 Å². The van der Waals surface area contributed by atoms with Crippen LogP contribution in [0, 0.1) is 5.82 Å². The van der Waals surface area contributed by atoms with Gasteiger partial charge in [-0.15, -0.1) is 0 Å². The fourth-order valence-electron chi connectivity index (χ4n) is 4.57. The van der Waals surface area contributed by atoms with Crippen LogP contribution < -0.4 is 10.1 Å². The molecule has 4 nitrogen and oxygen atoms in total. The number of nitrogens with one attached hydrogen (secondary N) is 1. The molecule has 0 atom stereocenters. The molecule has 1 aliphatic heterocycles. The Morgan fingerprint density at radius 1 is 0.886 bits per heavy atom. The predicted molar refractivity (Wildman–Crippen MR) is 139 cm³/mol. The van der Waals surface area contributed by atoms with E-state index in [-0.39, 0.29) is 18.3 Å². The van der Waals surface area contributed by atoms with Crippen LogP contribution in [0.25, 0.3) is 5.57 Å². The molecule has 35 heavy (non-hydrogen) atoms. The van der Waals surface area contributed by atoms with Crippen molar-refractivity contribution in [2.45, 2.75) is 33.3 Å². The molecule has 0 radical (unpaired) electrons. The number of piperidine rings is 1. The SMILES string of the molecule is CCN(CC)C(=O)c1ccc(C(=C2CCNCC2)c2ccccc2OCc2ccccc2F)cc1. The first-order chi connectivity index (χ1) is 17.1. The van der Waals surface area contributed by atoms with Gasteiger partial charge in [-0.25, -0.2) is 4.39 Å². The number of nitrogens with zero attached hydrogens (tertiary/aromatic N) is 1. The standard InChI is InChI=1S/C30H33FN2O2/c1-3-33(4-2)30(34)24-15-13-22(14-16-24)29(23-17-19-32-20-18-23)26-10-6-8-12-28(26)35-21-25-9-5-7-11-27(25)31/h5-16,32H,3-4,17-21H2,1-2H3. The number of rotatable bonds is 8. The van der Waals surface area contributed by atoms with Crippen molar-refractivity contribution in [1.29, 1.82) is 0 Å². The summed E-state index contributed by atoms with van der Waals surface area (Å²) in [7, 11) is 0. The Morgan fingerprint density at radius 2 is 1.51 bits per heavy atom. The maximum Gasteiger partial charge on any atom is 0.253 e. The number of benzene rings is 3. The zero-order chi connectivity index (χ0) is 24.6. The average Bonchev–Trinajstić information content (AvgIpc) is 2.91. The van der Waals surface area contributed by atoms with Crippen LogP contribution in [-0.4, -0.2) is 37.0 Å². The van der Waals surface area contributed by atoms with Gasteiger partial charge >= 0.3 is 0 Å². The number of hydrogen-bond acceptors (Lipinski definition) is 3. The summed E-state index contributed by atoms with van der Waals surface area (Å²) >= 11 is 0. The fraction of sp³-hybridized carbons (Fsp3) is 0.300. The first kappa shape index (κ1) is 24.7. The molecule has 0 aliphatic carbocycles. The van der Waals surface area contributed by atoms with Crippen molar-refractivity contribution in [3.63, 3.8) is 0 Å². The second kappa shape index (κ2) is 11.8. The Labute approximate surface area is 207 Å². The molecule has 3 aromatic carbocycles. The Morgan fingerprint density at radius 3 is 2.20 bits per heavy atom. The Balaban J connectivity index is 1.70. The van der Waals surface area contributed by atoms with Gasteiger partial charge in [0.05, 0.1) is 0 Å². The zero-order valence-corrected chi connectivity index (χ0v) is 20.5. The summed E-state index contributed by atoms with van der Waals surface area (Å²) in [6.07, 6.45) is 1.88. The zero-order valence-electron chi connectivity index (χ0n) is 20.5. The molecule has 4 rings (SSSR count). The third kappa shape index (κ3) is 5.80. The maximum absolute atomic E-state index is 14.2. The third-order valence-electron chi connectivity index (χ3n) is 6.53. The normalized spacial score (nSPS) is 13.4. The quantitative estimate of drug-likeness (QED) is 0.433. The van der Waals surface area contributed by atoms with Gasteiger partial charge in [-0.1, -0.05) is 54.1 Å². The second-order valence-electron chi connectivity index (χ2n) is 8.66. The number of halogens is 1. The van der Waals surface area contributed by atoms with E-state index in [4.69, 9.17) is 4.74 Å². The molecule has 0 spiro atoms. The molecule has 0 saturated carbocycles. The van der Waals surface area contributed by atoms with E-state index in [9.17, 15) is 9.18 Å². The fourth-order valence-corrected chi connectivity index (χ4v) is 4.57. The molecular weight excluding hydrogens is 439 g/mol. The summed E-state index contributed by atoms with van der Waals surface area (Å²) in [6.45, 7) is 7.37. The van der Waals surface area contributed by atoms with Crippen molar-refractivity contribution >= 4 is 11.5 Å². The summed E-state index contributed by atoms with van der Waals surface area (Å²) < 4.78 is 20.4. The average molecular weight is 473 g/mol. The summed E-state index contributed by atoms with van der Waals surface area (Å²) in [4.78, 5) is 14.6. The molecule has 1 amide bonds. The van der Waals surface area contributed by atoms with Gasteiger partial charge in [-0.05, 0) is 75.2 Å². The first-order valence-electron chi connectivity index (χ1n) is 12.4. The molecule has 182 valence electrons. The third-order valence-corrected chi connectivity index (χ3v) is 6.53. The minimum absolute atomic E-state index is 0.0474. The number of ether oxygens (including phenoxy) is 1. The maximum atomic E-state index is 14.2. The molecule has 0 aromatic heterocycles. The lowest BCUT2D eigenvalue weighted by molar-refractivity contribution is 0.0773. The molecule has 5 heteroatoms. The Kier molecular flexibility index (Phi) is 8.32. The highest BCUT2D eigenvalue weighted by Crippen LogP contribution is 2.36. The van der Waals surface area contributed by atoms with Gasteiger partial charge in [-0.3, -0.25) is 4.79 Å². The number of hydrogen-bond donors (Lipinski definition) is 1. The molecule has 1 fully saturated rings. The van der Waals surface area contributed by atoms with Crippen LogP contribution >= 0.6 is 0 Å². The predicted octanol–water partition coefficient (Wildman–Crippen LogP) is 6.07. The number of amides is 1. The van der Waals surface area contributed by atoms with Crippen LogP contribution in [0.5, 0.6) is 5.75 Å². The summed E-state index contributed by atoms with van der Waals surface area (Å²) in [5, 5.41) is 3.43. The van der Waals surface area contributed by atoms with Gasteiger partial charge in [0.2, 0.25) is 0 Å². The van der Waals surface area contributed by atoms with E-state index >= 15 is 0 Å². The van der Waals surface area contributed by atoms with Crippen LogP contribution in [0.4, 0.5) is 4.39 Å².